The van der Waals surface area contributed by atoms with Crippen molar-refractivity contribution in [2.24, 2.45) is 0 Å². The zero-order valence-electron chi connectivity index (χ0n) is 6.87. The van der Waals surface area contributed by atoms with Gasteiger partial charge in [-0.1, -0.05) is 11.6 Å². The summed E-state index contributed by atoms with van der Waals surface area (Å²) in [6.45, 7) is 0. The highest BCUT2D eigenvalue weighted by Gasteiger charge is 2.06. The molecule has 14 heavy (non-hydrogen) atoms. The quantitative estimate of drug-likeness (QED) is 0.818. The van der Waals surface area contributed by atoms with Gasteiger partial charge in [-0.05, 0) is 29.7 Å². The van der Waals surface area contributed by atoms with Crippen LogP contribution < -0.4 is 5.73 Å². The summed E-state index contributed by atoms with van der Waals surface area (Å²) in [6, 6.07) is 4.37. The minimum absolute atomic E-state index is 0.0660. The van der Waals surface area contributed by atoms with E-state index >= 15 is 0 Å². The summed E-state index contributed by atoms with van der Waals surface area (Å²) >= 11 is 6.77. The lowest BCUT2D eigenvalue weighted by atomic mass is 10.2. The van der Waals surface area contributed by atoms with Crippen LogP contribution in [0.3, 0.4) is 0 Å². The van der Waals surface area contributed by atoms with E-state index in [-0.39, 0.29) is 11.0 Å². The Morgan fingerprint density at radius 1 is 1.43 bits per heavy atom. The lowest BCUT2D eigenvalue weighted by Gasteiger charge is -1.96. The molecule has 0 saturated heterocycles. The summed E-state index contributed by atoms with van der Waals surface area (Å²) in [5, 5.41) is 0.695. The van der Waals surface area contributed by atoms with Gasteiger partial charge in [0.25, 0.3) is 0 Å². The zero-order valence-corrected chi connectivity index (χ0v) is 8.44. The van der Waals surface area contributed by atoms with E-state index in [9.17, 15) is 4.39 Å². The van der Waals surface area contributed by atoms with Crippen molar-refractivity contribution in [3.63, 3.8) is 0 Å². The van der Waals surface area contributed by atoms with Crippen LogP contribution in [0.1, 0.15) is 0 Å². The Labute approximate surface area is 88.5 Å². The molecule has 0 bridgehead atoms. The van der Waals surface area contributed by atoms with Gasteiger partial charge in [0.1, 0.15) is 10.8 Å². The summed E-state index contributed by atoms with van der Waals surface area (Å²) in [6.07, 6.45) is 0. The second kappa shape index (κ2) is 3.51. The highest BCUT2D eigenvalue weighted by atomic mass is 35.5. The molecule has 2 aromatic rings. The molecule has 0 radical (unpaired) electrons. The predicted molar refractivity (Wildman–Crippen MR) is 54.7 cm³/mol. The SMILES string of the molecule is Nc1nsc(-c2ccc(F)c(Cl)c2)n1. The van der Waals surface area contributed by atoms with Gasteiger partial charge in [0.15, 0.2) is 0 Å². The Bertz CT molecular complexity index is 471. The predicted octanol–water partition coefficient (Wildman–Crippen LogP) is 2.58. The number of nitrogen functional groups attached to an aromatic ring is 1. The van der Waals surface area contributed by atoms with Crippen LogP contribution in [0.5, 0.6) is 0 Å². The highest BCUT2D eigenvalue weighted by Crippen LogP contribution is 2.26. The number of aromatic nitrogens is 2. The Morgan fingerprint density at radius 2 is 2.21 bits per heavy atom. The van der Waals surface area contributed by atoms with Crippen LogP contribution in [-0.2, 0) is 0 Å². The van der Waals surface area contributed by atoms with Crippen LogP contribution in [0, 0.1) is 5.82 Å². The maximum Gasteiger partial charge on any atom is 0.232 e. The van der Waals surface area contributed by atoms with Gasteiger partial charge in [0.2, 0.25) is 5.95 Å². The van der Waals surface area contributed by atoms with Gasteiger partial charge in [-0.25, -0.2) is 4.39 Å². The molecule has 2 rings (SSSR count). The van der Waals surface area contributed by atoms with E-state index in [1.807, 2.05) is 0 Å². The molecule has 72 valence electrons. The topological polar surface area (TPSA) is 51.8 Å². The number of nitrogens with two attached hydrogens (primary N) is 1. The van der Waals surface area contributed by atoms with Gasteiger partial charge in [0.05, 0.1) is 5.02 Å². The van der Waals surface area contributed by atoms with Gasteiger partial charge in [-0.3, -0.25) is 0 Å². The lowest BCUT2D eigenvalue weighted by Crippen LogP contribution is -1.86. The van der Waals surface area contributed by atoms with Gasteiger partial charge < -0.3 is 5.73 Å². The molecule has 0 saturated carbocycles. The maximum atomic E-state index is 12.8. The largest absolute Gasteiger partial charge is 0.367 e. The van der Waals surface area contributed by atoms with Gasteiger partial charge >= 0.3 is 0 Å². The van der Waals surface area contributed by atoms with Crippen molar-refractivity contribution in [1.29, 1.82) is 0 Å². The van der Waals surface area contributed by atoms with Crippen LogP contribution in [-0.4, -0.2) is 9.36 Å². The first kappa shape index (κ1) is 9.36. The maximum absolute atomic E-state index is 12.8. The first-order chi connectivity index (χ1) is 6.66. The third-order valence-electron chi connectivity index (χ3n) is 1.61. The van der Waals surface area contributed by atoms with E-state index in [4.69, 9.17) is 17.3 Å². The average molecular weight is 230 g/mol. The monoisotopic (exact) mass is 229 g/mol. The molecule has 1 aromatic carbocycles. The molecule has 0 atom stereocenters. The number of hydrogen-bond acceptors (Lipinski definition) is 4. The summed E-state index contributed by atoms with van der Waals surface area (Å²) in [4.78, 5) is 3.96. The molecule has 0 spiro atoms. The smallest absolute Gasteiger partial charge is 0.232 e. The van der Waals surface area contributed by atoms with Crippen molar-refractivity contribution >= 4 is 29.1 Å². The van der Waals surface area contributed by atoms with Crippen LogP contribution in [0.15, 0.2) is 18.2 Å². The second-order valence-corrected chi connectivity index (χ2v) is 3.75. The number of hydrogen-bond donors (Lipinski definition) is 1. The van der Waals surface area contributed by atoms with Crippen LogP contribution in [0.25, 0.3) is 10.6 Å². The molecule has 3 nitrogen and oxygen atoms in total. The molecule has 0 unspecified atom stereocenters. The van der Waals surface area contributed by atoms with Crippen molar-refractivity contribution in [2.45, 2.75) is 0 Å². The second-order valence-electron chi connectivity index (χ2n) is 2.59. The molecular weight excluding hydrogens is 225 g/mol. The van der Waals surface area contributed by atoms with Gasteiger partial charge in [0, 0.05) is 5.56 Å². The minimum Gasteiger partial charge on any atom is -0.367 e. The Morgan fingerprint density at radius 3 is 2.79 bits per heavy atom. The first-order valence-electron chi connectivity index (χ1n) is 3.71. The van der Waals surface area contributed by atoms with E-state index in [0.29, 0.717) is 10.6 Å². The Kier molecular flexibility index (Phi) is 2.35. The zero-order chi connectivity index (χ0) is 10.1. The number of benzene rings is 1. The third kappa shape index (κ3) is 1.69. The molecule has 0 amide bonds. The lowest BCUT2D eigenvalue weighted by molar-refractivity contribution is 0.628. The van der Waals surface area contributed by atoms with E-state index in [1.54, 1.807) is 6.07 Å². The molecular formula is C8H5ClFN3S. The first-order valence-corrected chi connectivity index (χ1v) is 4.86. The number of anilines is 1. The van der Waals surface area contributed by atoms with Gasteiger partial charge in [-0.2, -0.15) is 9.36 Å². The van der Waals surface area contributed by atoms with E-state index in [0.717, 1.165) is 11.5 Å². The van der Waals surface area contributed by atoms with E-state index in [1.165, 1.54) is 12.1 Å². The summed E-state index contributed by atoms with van der Waals surface area (Å²) in [5.41, 5.74) is 6.08. The Hall–Kier alpha value is -1.20. The third-order valence-corrected chi connectivity index (χ3v) is 2.68. The molecule has 0 aliphatic heterocycles. The number of halogens is 2. The van der Waals surface area contributed by atoms with Crippen molar-refractivity contribution < 1.29 is 4.39 Å². The van der Waals surface area contributed by atoms with Crippen LogP contribution in [0.2, 0.25) is 5.02 Å². The van der Waals surface area contributed by atoms with E-state index in [2.05, 4.69) is 9.36 Å². The fourth-order valence-electron chi connectivity index (χ4n) is 0.981. The van der Waals surface area contributed by atoms with Crippen LogP contribution >= 0.6 is 23.1 Å². The minimum atomic E-state index is -0.451. The summed E-state index contributed by atoms with van der Waals surface area (Å²) < 4.78 is 16.6. The molecule has 0 aliphatic carbocycles. The standard InChI is InChI=1S/C8H5ClFN3S/c9-5-3-4(1-2-6(5)10)7-12-8(11)13-14-7/h1-3H,(H2,11,13). The van der Waals surface area contributed by atoms with Crippen LogP contribution in [0.4, 0.5) is 10.3 Å². The fraction of sp³-hybridized carbons (Fsp3) is 0. The van der Waals surface area contributed by atoms with Gasteiger partial charge in [-0.15, -0.1) is 0 Å². The highest BCUT2D eigenvalue weighted by molar-refractivity contribution is 7.09. The molecule has 2 N–H and O–H groups in total. The van der Waals surface area contributed by atoms with Crippen molar-refractivity contribution in [2.75, 3.05) is 5.73 Å². The van der Waals surface area contributed by atoms with E-state index < -0.39 is 5.82 Å². The average Bonchev–Trinajstić information content (AvgIpc) is 2.57. The van der Waals surface area contributed by atoms with Crippen molar-refractivity contribution in [3.05, 3.63) is 29.0 Å². The number of rotatable bonds is 1. The van der Waals surface area contributed by atoms with Crippen molar-refractivity contribution in [1.82, 2.24) is 9.36 Å². The fourth-order valence-corrected chi connectivity index (χ4v) is 1.75. The molecule has 6 heteroatoms. The van der Waals surface area contributed by atoms with Crippen molar-refractivity contribution in [3.8, 4) is 10.6 Å². The summed E-state index contributed by atoms with van der Waals surface area (Å²) in [5.74, 6) is -0.238. The molecule has 1 aromatic heterocycles. The molecule has 0 aliphatic rings. The molecule has 1 heterocycles. The Balaban J connectivity index is 2.47. The molecule has 0 fully saturated rings. The normalized spacial score (nSPS) is 10.4. The summed E-state index contributed by atoms with van der Waals surface area (Å²) in [7, 11) is 0. The number of nitrogens with zero attached hydrogens (tertiary/aromatic N) is 2.